The summed E-state index contributed by atoms with van der Waals surface area (Å²) in [4.78, 5) is 4.54. The largest absolute Gasteiger partial charge is 0.312 e. The maximum absolute atomic E-state index is 4.54. The zero-order valence-electron chi connectivity index (χ0n) is 9.66. The Bertz CT molecular complexity index is 318. The van der Waals surface area contributed by atoms with Crippen LogP contribution in [0.25, 0.3) is 0 Å². The molecular weight excluding hydrogens is 184 g/mol. The topological polar surface area (TPSA) is 24.9 Å². The molecule has 2 rings (SSSR count). The molecule has 0 amide bonds. The fourth-order valence-electron chi connectivity index (χ4n) is 2.12. The van der Waals surface area contributed by atoms with Crippen LogP contribution in [-0.4, -0.2) is 12.0 Å². The second kappa shape index (κ2) is 4.75. The monoisotopic (exact) mass is 204 g/mol. The lowest BCUT2D eigenvalue weighted by atomic mass is 10.0. The molecule has 0 bridgehead atoms. The van der Waals surface area contributed by atoms with Crippen molar-refractivity contribution in [3.63, 3.8) is 0 Å². The van der Waals surface area contributed by atoms with Gasteiger partial charge in [-0.1, -0.05) is 25.8 Å². The molecule has 1 aliphatic carbocycles. The van der Waals surface area contributed by atoms with Gasteiger partial charge in [0.2, 0.25) is 0 Å². The zero-order chi connectivity index (χ0) is 10.7. The molecule has 1 saturated carbocycles. The first-order valence-corrected chi connectivity index (χ1v) is 5.96. The number of pyridine rings is 1. The number of nitrogens with zero attached hydrogens (tertiary/aromatic N) is 1. The number of hydrogen-bond acceptors (Lipinski definition) is 2. The average Bonchev–Trinajstić information content (AvgIpc) is 3.10. The van der Waals surface area contributed by atoms with Gasteiger partial charge >= 0.3 is 0 Å². The molecule has 1 atom stereocenters. The maximum atomic E-state index is 4.54. The molecule has 15 heavy (non-hydrogen) atoms. The molecule has 1 N–H and O–H groups in total. The van der Waals surface area contributed by atoms with Crippen molar-refractivity contribution >= 4 is 0 Å². The van der Waals surface area contributed by atoms with E-state index in [4.69, 9.17) is 0 Å². The van der Waals surface area contributed by atoms with Crippen molar-refractivity contribution in [3.8, 4) is 0 Å². The summed E-state index contributed by atoms with van der Waals surface area (Å²) >= 11 is 0. The first-order valence-electron chi connectivity index (χ1n) is 5.96. The third-order valence-corrected chi connectivity index (χ3v) is 3.25. The van der Waals surface area contributed by atoms with Crippen LogP contribution < -0.4 is 5.32 Å². The predicted molar refractivity (Wildman–Crippen MR) is 62.8 cm³/mol. The Hall–Kier alpha value is -0.890. The van der Waals surface area contributed by atoms with Crippen molar-refractivity contribution < 1.29 is 0 Å². The van der Waals surface area contributed by atoms with Crippen LogP contribution in [0.5, 0.6) is 0 Å². The van der Waals surface area contributed by atoms with Crippen LogP contribution in [0.15, 0.2) is 18.3 Å². The SMILES string of the molecule is CCc1cccnc1C(CC1CC1)NC. The molecule has 0 radical (unpaired) electrons. The van der Waals surface area contributed by atoms with Crippen LogP contribution in [0.4, 0.5) is 0 Å². The summed E-state index contributed by atoms with van der Waals surface area (Å²) < 4.78 is 0. The van der Waals surface area contributed by atoms with Crippen LogP contribution in [0.3, 0.4) is 0 Å². The van der Waals surface area contributed by atoms with Crippen molar-refractivity contribution in [1.29, 1.82) is 0 Å². The van der Waals surface area contributed by atoms with E-state index in [1.165, 1.54) is 30.5 Å². The Kier molecular flexibility index (Phi) is 3.37. The van der Waals surface area contributed by atoms with Gasteiger partial charge in [-0.15, -0.1) is 0 Å². The van der Waals surface area contributed by atoms with Gasteiger partial charge in [0.05, 0.1) is 5.69 Å². The third-order valence-electron chi connectivity index (χ3n) is 3.25. The number of aromatic nitrogens is 1. The van der Waals surface area contributed by atoms with E-state index >= 15 is 0 Å². The Morgan fingerprint density at radius 1 is 1.53 bits per heavy atom. The summed E-state index contributed by atoms with van der Waals surface area (Å²) in [5, 5.41) is 3.40. The molecule has 0 saturated heterocycles. The second-order valence-corrected chi connectivity index (χ2v) is 4.42. The minimum atomic E-state index is 0.452. The number of aryl methyl sites for hydroxylation is 1. The molecule has 82 valence electrons. The van der Waals surface area contributed by atoms with Crippen molar-refractivity contribution in [3.05, 3.63) is 29.6 Å². The summed E-state index contributed by atoms with van der Waals surface area (Å²) in [7, 11) is 2.04. The zero-order valence-corrected chi connectivity index (χ0v) is 9.66. The molecule has 1 aromatic heterocycles. The number of nitrogens with one attached hydrogen (secondary N) is 1. The van der Waals surface area contributed by atoms with E-state index in [-0.39, 0.29) is 0 Å². The molecule has 2 nitrogen and oxygen atoms in total. The van der Waals surface area contributed by atoms with E-state index in [1.54, 1.807) is 0 Å². The normalized spacial score (nSPS) is 17.7. The van der Waals surface area contributed by atoms with Crippen LogP contribution in [-0.2, 0) is 6.42 Å². The molecule has 1 unspecified atom stereocenters. The minimum absolute atomic E-state index is 0.452. The standard InChI is InChI=1S/C13H20N2/c1-3-11-5-4-8-15-13(11)12(14-2)9-10-6-7-10/h4-5,8,10,12,14H,3,6-7,9H2,1-2H3. The first kappa shape index (κ1) is 10.6. The Labute approximate surface area is 92.1 Å². The first-order chi connectivity index (χ1) is 7.35. The van der Waals surface area contributed by atoms with Gasteiger partial charge in [-0.25, -0.2) is 0 Å². The molecule has 2 heteroatoms. The lowest BCUT2D eigenvalue weighted by Gasteiger charge is -2.18. The predicted octanol–water partition coefficient (Wildman–Crippen LogP) is 2.70. The molecule has 1 heterocycles. The van der Waals surface area contributed by atoms with Gasteiger partial charge in [0, 0.05) is 12.2 Å². The number of hydrogen-bond donors (Lipinski definition) is 1. The van der Waals surface area contributed by atoms with E-state index in [2.05, 4.69) is 23.3 Å². The van der Waals surface area contributed by atoms with Gasteiger partial charge in [0.1, 0.15) is 0 Å². The molecule has 0 aliphatic heterocycles. The van der Waals surface area contributed by atoms with Gasteiger partial charge in [0.15, 0.2) is 0 Å². The Morgan fingerprint density at radius 3 is 2.93 bits per heavy atom. The summed E-state index contributed by atoms with van der Waals surface area (Å²) in [6, 6.07) is 4.68. The Morgan fingerprint density at radius 2 is 2.33 bits per heavy atom. The van der Waals surface area contributed by atoms with Gasteiger partial charge in [-0.2, -0.15) is 0 Å². The summed E-state index contributed by atoms with van der Waals surface area (Å²) in [6.07, 6.45) is 7.05. The second-order valence-electron chi connectivity index (χ2n) is 4.42. The highest BCUT2D eigenvalue weighted by molar-refractivity contribution is 5.23. The highest BCUT2D eigenvalue weighted by atomic mass is 14.9. The van der Waals surface area contributed by atoms with E-state index in [9.17, 15) is 0 Å². The summed E-state index contributed by atoms with van der Waals surface area (Å²) in [6.45, 7) is 2.20. The van der Waals surface area contributed by atoms with Crippen LogP contribution in [0, 0.1) is 5.92 Å². The van der Waals surface area contributed by atoms with Crippen molar-refractivity contribution in [1.82, 2.24) is 10.3 Å². The molecule has 1 aromatic rings. The quantitative estimate of drug-likeness (QED) is 0.797. The molecule has 1 aliphatic rings. The van der Waals surface area contributed by atoms with Crippen molar-refractivity contribution in [2.45, 2.75) is 38.6 Å². The molecule has 0 spiro atoms. The smallest absolute Gasteiger partial charge is 0.0604 e. The van der Waals surface area contributed by atoms with Crippen LogP contribution in [0.1, 0.15) is 43.5 Å². The Balaban J connectivity index is 2.15. The highest BCUT2D eigenvalue weighted by Crippen LogP contribution is 2.37. The summed E-state index contributed by atoms with van der Waals surface area (Å²) in [5.74, 6) is 0.939. The lowest BCUT2D eigenvalue weighted by Crippen LogP contribution is -2.19. The molecular formula is C13H20N2. The fraction of sp³-hybridized carbons (Fsp3) is 0.615. The van der Waals surface area contributed by atoms with Crippen molar-refractivity contribution in [2.24, 2.45) is 5.92 Å². The fourth-order valence-corrected chi connectivity index (χ4v) is 2.12. The average molecular weight is 204 g/mol. The van der Waals surface area contributed by atoms with Gasteiger partial charge in [-0.05, 0) is 37.4 Å². The molecule has 1 fully saturated rings. The van der Waals surface area contributed by atoms with Gasteiger partial charge < -0.3 is 5.32 Å². The van der Waals surface area contributed by atoms with E-state index in [0.717, 1.165) is 12.3 Å². The lowest BCUT2D eigenvalue weighted by molar-refractivity contribution is 0.499. The third kappa shape index (κ3) is 2.57. The van der Waals surface area contributed by atoms with E-state index in [1.807, 2.05) is 19.3 Å². The summed E-state index contributed by atoms with van der Waals surface area (Å²) in [5.41, 5.74) is 2.65. The van der Waals surface area contributed by atoms with Gasteiger partial charge in [-0.3, -0.25) is 4.98 Å². The van der Waals surface area contributed by atoms with Crippen LogP contribution in [0.2, 0.25) is 0 Å². The van der Waals surface area contributed by atoms with Crippen LogP contribution >= 0.6 is 0 Å². The van der Waals surface area contributed by atoms with E-state index in [0.29, 0.717) is 6.04 Å². The van der Waals surface area contributed by atoms with E-state index < -0.39 is 0 Å². The number of rotatable bonds is 5. The molecule has 0 aromatic carbocycles. The minimum Gasteiger partial charge on any atom is -0.312 e. The maximum Gasteiger partial charge on any atom is 0.0604 e. The van der Waals surface area contributed by atoms with Crippen molar-refractivity contribution in [2.75, 3.05) is 7.05 Å². The highest BCUT2D eigenvalue weighted by Gasteiger charge is 2.26. The van der Waals surface area contributed by atoms with Gasteiger partial charge in [0.25, 0.3) is 0 Å².